The van der Waals surface area contributed by atoms with Gasteiger partial charge in [-0.1, -0.05) is 37.3 Å². The van der Waals surface area contributed by atoms with Gasteiger partial charge in [-0.15, -0.1) is 0 Å². The molecule has 1 aromatic carbocycles. The highest BCUT2D eigenvalue weighted by molar-refractivity contribution is 5.25. The maximum atomic E-state index is 6.85. The SMILES string of the molecule is CCOC(C)O[C@@H]1[C@H](C)[C@@H](OCc2ccccc2)[C@@H]2[C@@H]3[C@H]1O[C@]1(OCC)C[C@H]2C(OC)(OC)[C@H]31. The lowest BCUT2D eigenvalue weighted by atomic mass is 9.64. The van der Waals surface area contributed by atoms with Gasteiger partial charge in [0.25, 0.3) is 0 Å². The van der Waals surface area contributed by atoms with Crippen molar-refractivity contribution in [3.63, 3.8) is 0 Å². The first-order valence-electron chi connectivity index (χ1n) is 12.8. The molecule has 1 saturated heterocycles. The van der Waals surface area contributed by atoms with Crippen LogP contribution in [-0.4, -0.2) is 63.6 Å². The summed E-state index contributed by atoms with van der Waals surface area (Å²) in [5.74, 6) is -0.925. The van der Waals surface area contributed by atoms with Gasteiger partial charge in [-0.05, 0) is 32.3 Å². The Kier molecular flexibility index (Phi) is 6.83. The van der Waals surface area contributed by atoms with Gasteiger partial charge in [-0.25, -0.2) is 0 Å². The summed E-state index contributed by atoms with van der Waals surface area (Å²) in [5, 5.41) is 0. The predicted molar refractivity (Wildman–Crippen MR) is 125 cm³/mol. The summed E-state index contributed by atoms with van der Waals surface area (Å²) >= 11 is 0. The third-order valence-electron chi connectivity index (χ3n) is 8.74. The second kappa shape index (κ2) is 9.43. The molecule has 5 rings (SSSR count). The average Bonchev–Trinajstić information content (AvgIpc) is 3.37. The molecule has 2 bridgehead atoms. The zero-order valence-electron chi connectivity index (χ0n) is 21.3. The minimum absolute atomic E-state index is 0.0266. The molecule has 1 unspecified atom stereocenters. The minimum Gasteiger partial charge on any atom is -0.373 e. The Balaban J connectivity index is 1.52. The molecule has 1 heterocycles. The smallest absolute Gasteiger partial charge is 0.179 e. The molecule has 0 spiro atoms. The van der Waals surface area contributed by atoms with Crippen molar-refractivity contribution in [3.05, 3.63) is 35.9 Å². The molecule has 190 valence electrons. The maximum Gasteiger partial charge on any atom is 0.179 e. The molecule has 4 aliphatic rings. The second-order valence-electron chi connectivity index (χ2n) is 10.1. The topological polar surface area (TPSA) is 64.6 Å². The monoisotopic (exact) mass is 476 g/mol. The fourth-order valence-corrected chi connectivity index (χ4v) is 7.77. The van der Waals surface area contributed by atoms with Gasteiger partial charge < -0.3 is 33.2 Å². The maximum absolute atomic E-state index is 6.85. The van der Waals surface area contributed by atoms with Crippen LogP contribution in [0.4, 0.5) is 0 Å². The molecule has 34 heavy (non-hydrogen) atoms. The molecule has 10 atom stereocenters. The van der Waals surface area contributed by atoms with Gasteiger partial charge in [0.1, 0.15) is 0 Å². The van der Waals surface area contributed by atoms with Crippen LogP contribution in [0.15, 0.2) is 30.3 Å². The minimum atomic E-state index is -0.756. The number of ether oxygens (including phenoxy) is 7. The van der Waals surface area contributed by atoms with Gasteiger partial charge in [-0.3, -0.25) is 0 Å². The van der Waals surface area contributed by atoms with Gasteiger partial charge in [0.2, 0.25) is 0 Å². The highest BCUT2D eigenvalue weighted by Crippen LogP contribution is 2.73. The number of rotatable bonds is 11. The highest BCUT2D eigenvalue weighted by atomic mass is 16.7. The van der Waals surface area contributed by atoms with E-state index in [1.807, 2.05) is 39.0 Å². The number of fused-ring (bicyclic) bond motifs is 2. The van der Waals surface area contributed by atoms with E-state index in [1.165, 1.54) is 0 Å². The van der Waals surface area contributed by atoms with Gasteiger partial charge >= 0.3 is 0 Å². The van der Waals surface area contributed by atoms with Crippen molar-refractivity contribution in [2.75, 3.05) is 27.4 Å². The third-order valence-corrected chi connectivity index (χ3v) is 8.74. The first-order chi connectivity index (χ1) is 16.5. The van der Waals surface area contributed by atoms with Crippen molar-refractivity contribution in [2.45, 2.75) is 76.9 Å². The second-order valence-corrected chi connectivity index (χ2v) is 10.1. The van der Waals surface area contributed by atoms with Crippen LogP contribution >= 0.6 is 0 Å². The van der Waals surface area contributed by atoms with Crippen LogP contribution in [0.5, 0.6) is 0 Å². The lowest BCUT2D eigenvalue weighted by Crippen LogP contribution is -2.56. The van der Waals surface area contributed by atoms with Crippen LogP contribution in [0.25, 0.3) is 0 Å². The van der Waals surface area contributed by atoms with Crippen molar-refractivity contribution >= 4 is 0 Å². The zero-order chi connectivity index (χ0) is 24.1. The molecule has 0 aromatic heterocycles. The van der Waals surface area contributed by atoms with Crippen molar-refractivity contribution in [2.24, 2.45) is 29.6 Å². The molecule has 4 fully saturated rings. The van der Waals surface area contributed by atoms with Gasteiger partial charge in [0.05, 0.1) is 30.8 Å². The Labute approximate surface area is 203 Å². The quantitative estimate of drug-likeness (QED) is 0.448. The van der Waals surface area contributed by atoms with E-state index in [2.05, 4.69) is 19.1 Å². The zero-order valence-corrected chi connectivity index (χ0v) is 21.3. The molecule has 0 radical (unpaired) electrons. The van der Waals surface area contributed by atoms with Crippen LogP contribution in [-0.2, 0) is 39.8 Å². The lowest BCUT2D eigenvalue weighted by Gasteiger charge is -2.47. The van der Waals surface area contributed by atoms with E-state index >= 15 is 0 Å². The first-order valence-corrected chi connectivity index (χ1v) is 12.8. The first kappa shape index (κ1) is 24.6. The summed E-state index contributed by atoms with van der Waals surface area (Å²) in [7, 11) is 3.50. The van der Waals surface area contributed by atoms with E-state index in [1.54, 1.807) is 14.2 Å². The van der Waals surface area contributed by atoms with Crippen molar-refractivity contribution in [3.8, 4) is 0 Å². The summed E-state index contributed by atoms with van der Waals surface area (Å²) < 4.78 is 44.6. The molecular formula is C27H40O7. The number of benzene rings is 1. The van der Waals surface area contributed by atoms with Crippen molar-refractivity contribution in [1.29, 1.82) is 0 Å². The van der Waals surface area contributed by atoms with E-state index in [9.17, 15) is 0 Å². The van der Waals surface area contributed by atoms with E-state index in [0.717, 1.165) is 12.0 Å². The van der Waals surface area contributed by atoms with E-state index in [4.69, 9.17) is 33.2 Å². The normalized spacial score (nSPS) is 42.3. The summed E-state index contributed by atoms with van der Waals surface area (Å²) in [5.41, 5.74) is 1.16. The van der Waals surface area contributed by atoms with Gasteiger partial charge in [-0.2, -0.15) is 0 Å². The predicted octanol–water partition coefficient (Wildman–Crippen LogP) is 3.99. The van der Waals surface area contributed by atoms with Crippen LogP contribution in [0.3, 0.4) is 0 Å². The van der Waals surface area contributed by atoms with Crippen LogP contribution in [0.1, 0.15) is 39.7 Å². The largest absolute Gasteiger partial charge is 0.373 e. The van der Waals surface area contributed by atoms with E-state index < -0.39 is 11.6 Å². The molecule has 0 amide bonds. The highest BCUT2D eigenvalue weighted by Gasteiger charge is 2.84. The molecule has 1 aromatic rings. The molecule has 3 aliphatic carbocycles. The Bertz CT molecular complexity index is 830. The van der Waals surface area contributed by atoms with Crippen LogP contribution in [0, 0.1) is 29.6 Å². The van der Waals surface area contributed by atoms with Gasteiger partial charge in [0.15, 0.2) is 17.9 Å². The number of methoxy groups -OCH3 is 2. The number of hydrogen-bond acceptors (Lipinski definition) is 7. The average molecular weight is 477 g/mol. The molecule has 3 saturated carbocycles. The fraction of sp³-hybridized carbons (Fsp3) is 0.778. The van der Waals surface area contributed by atoms with Crippen LogP contribution in [0.2, 0.25) is 0 Å². The third kappa shape index (κ3) is 3.51. The van der Waals surface area contributed by atoms with Crippen LogP contribution < -0.4 is 0 Å². The Morgan fingerprint density at radius 1 is 1.03 bits per heavy atom. The Morgan fingerprint density at radius 2 is 1.76 bits per heavy atom. The summed E-state index contributed by atoms with van der Waals surface area (Å²) in [6, 6.07) is 10.3. The molecule has 7 heteroatoms. The summed E-state index contributed by atoms with van der Waals surface area (Å²) in [4.78, 5) is 0. The Morgan fingerprint density at radius 3 is 2.41 bits per heavy atom. The van der Waals surface area contributed by atoms with Gasteiger partial charge in [0, 0.05) is 51.6 Å². The Hall–Kier alpha value is -1.06. The molecule has 1 aliphatic heterocycles. The van der Waals surface area contributed by atoms with Crippen molar-refractivity contribution in [1.82, 2.24) is 0 Å². The van der Waals surface area contributed by atoms with E-state index in [0.29, 0.717) is 19.8 Å². The standard InChI is InChI=1S/C27H40O7/c1-7-30-17(4)33-23-16(3)22(31-15-18-12-10-9-11-13-18)20-19-14-26(32-8-2)25(21(20)24(23)34-26)27(19,28-5)29-6/h9-13,16-17,19-25H,7-8,14-15H2,1-6H3/t16-,17?,19-,20+,21-,22-,23-,24-,25-,26-/m1/s1. The summed E-state index contributed by atoms with van der Waals surface area (Å²) in [6.45, 7) is 9.89. The lowest BCUT2D eigenvalue weighted by molar-refractivity contribution is -0.295. The van der Waals surface area contributed by atoms with Crippen molar-refractivity contribution < 1.29 is 33.2 Å². The summed E-state index contributed by atoms with van der Waals surface area (Å²) in [6.07, 6.45) is 0.0582. The molecule has 0 N–H and O–H groups in total. The molecular weight excluding hydrogens is 436 g/mol. The fourth-order valence-electron chi connectivity index (χ4n) is 7.77. The molecule has 7 nitrogen and oxygen atoms in total. The van der Waals surface area contributed by atoms with E-state index in [-0.39, 0.29) is 54.2 Å². The number of hydrogen-bond donors (Lipinski definition) is 0.